The average Bonchev–Trinajstić information content (AvgIpc) is 3.03. The molecule has 6 nitrogen and oxygen atoms in total. The molecule has 154 valence electrons. The first-order valence-corrected chi connectivity index (χ1v) is 11.8. The summed E-state index contributed by atoms with van der Waals surface area (Å²) in [7, 11) is -0.0164. The van der Waals surface area contributed by atoms with Gasteiger partial charge in [-0.15, -0.1) is 0 Å². The smallest absolute Gasteiger partial charge is 0.248 e. The van der Waals surface area contributed by atoms with Crippen LogP contribution in [0.2, 0.25) is 0 Å². The molecule has 1 heterocycles. The van der Waals surface area contributed by atoms with Crippen molar-refractivity contribution in [3.8, 4) is 5.75 Å². The fourth-order valence-electron chi connectivity index (χ4n) is 3.15. The van der Waals surface area contributed by atoms with Crippen LogP contribution in [0.25, 0.3) is 10.2 Å². The van der Waals surface area contributed by atoms with Crippen molar-refractivity contribution in [2.24, 2.45) is 12.0 Å². The van der Waals surface area contributed by atoms with Gasteiger partial charge < -0.3 is 9.30 Å². The highest BCUT2D eigenvalue weighted by Crippen LogP contribution is 2.21. The lowest BCUT2D eigenvalue weighted by atomic mass is 10.1. The molecule has 0 spiro atoms. The number of aryl methyl sites for hydroxylation is 2. The summed E-state index contributed by atoms with van der Waals surface area (Å²) in [6.07, 6.45) is 1.22. The highest BCUT2D eigenvalue weighted by molar-refractivity contribution is 7.91. The van der Waals surface area contributed by atoms with E-state index in [0.717, 1.165) is 16.6 Å². The minimum absolute atomic E-state index is 0.0876. The van der Waals surface area contributed by atoms with Gasteiger partial charge in [0.15, 0.2) is 14.6 Å². The third kappa shape index (κ3) is 4.76. The Morgan fingerprint density at radius 1 is 1.17 bits per heavy atom. The summed E-state index contributed by atoms with van der Waals surface area (Å²) in [5, 5.41) is 0. The molecule has 2 aromatic carbocycles. The Bertz CT molecular complexity index is 1190. The summed E-state index contributed by atoms with van der Waals surface area (Å²) < 4.78 is 32.9. The van der Waals surface area contributed by atoms with Crippen LogP contribution in [0.15, 0.2) is 52.4 Å². The second-order valence-electron chi connectivity index (χ2n) is 6.66. The standard InChI is InChI=1S/C21H24N2O4S2/c1-4-15-7-5-8-18-20(15)23(2)21(28-18)22-19(24)9-6-14-29(25,26)17-12-10-16(27-3)11-13-17/h5,7-8,10-13H,4,6,9,14H2,1-3H3. The number of amides is 1. The Morgan fingerprint density at radius 2 is 1.90 bits per heavy atom. The lowest BCUT2D eigenvalue weighted by molar-refractivity contribution is -0.118. The Morgan fingerprint density at radius 3 is 2.55 bits per heavy atom. The van der Waals surface area contributed by atoms with E-state index in [1.165, 1.54) is 36.1 Å². The Hall–Kier alpha value is -2.45. The van der Waals surface area contributed by atoms with Crippen molar-refractivity contribution in [3.63, 3.8) is 0 Å². The Balaban J connectivity index is 1.69. The lowest BCUT2D eigenvalue weighted by Crippen LogP contribution is -2.14. The molecule has 3 rings (SSSR count). The van der Waals surface area contributed by atoms with Crippen LogP contribution in [-0.2, 0) is 28.1 Å². The van der Waals surface area contributed by atoms with Crippen molar-refractivity contribution in [2.45, 2.75) is 31.1 Å². The Labute approximate surface area is 174 Å². The van der Waals surface area contributed by atoms with E-state index < -0.39 is 9.84 Å². The highest BCUT2D eigenvalue weighted by atomic mass is 32.2. The molecule has 0 aliphatic rings. The fourth-order valence-corrected chi connectivity index (χ4v) is 5.55. The van der Waals surface area contributed by atoms with E-state index in [1.807, 2.05) is 23.7 Å². The number of nitrogens with zero attached hydrogens (tertiary/aromatic N) is 2. The zero-order chi connectivity index (χ0) is 21.0. The van der Waals surface area contributed by atoms with E-state index in [1.54, 1.807) is 12.1 Å². The summed E-state index contributed by atoms with van der Waals surface area (Å²) in [5.74, 6) is 0.189. The molecule has 0 saturated carbocycles. The van der Waals surface area contributed by atoms with E-state index in [2.05, 4.69) is 18.0 Å². The van der Waals surface area contributed by atoms with Gasteiger partial charge in [0.2, 0.25) is 5.91 Å². The summed E-state index contributed by atoms with van der Waals surface area (Å²) in [6, 6.07) is 12.4. The molecular weight excluding hydrogens is 408 g/mol. The maximum atomic E-state index is 12.4. The number of para-hydroxylation sites is 1. The van der Waals surface area contributed by atoms with Gasteiger partial charge in [-0.3, -0.25) is 4.79 Å². The molecule has 0 aliphatic heterocycles. The first-order valence-electron chi connectivity index (χ1n) is 9.37. The van der Waals surface area contributed by atoms with Gasteiger partial charge >= 0.3 is 0 Å². The minimum atomic E-state index is -3.44. The molecular formula is C21H24N2O4S2. The molecule has 0 unspecified atom stereocenters. The maximum Gasteiger partial charge on any atom is 0.248 e. The highest BCUT2D eigenvalue weighted by Gasteiger charge is 2.15. The monoisotopic (exact) mass is 432 g/mol. The topological polar surface area (TPSA) is 77.7 Å². The number of aromatic nitrogens is 1. The minimum Gasteiger partial charge on any atom is -0.497 e. The van der Waals surface area contributed by atoms with Crippen LogP contribution >= 0.6 is 11.3 Å². The summed E-state index contributed by atoms with van der Waals surface area (Å²) in [6.45, 7) is 2.09. The second-order valence-corrected chi connectivity index (χ2v) is 9.78. The maximum absolute atomic E-state index is 12.4. The normalized spacial score (nSPS) is 12.4. The van der Waals surface area contributed by atoms with Crippen molar-refractivity contribution >= 4 is 37.3 Å². The van der Waals surface area contributed by atoms with Crippen molar-refractivity contribution in [2.75, 3.05) is 12.9 Å². The van der Waals surface area contributed by atoms with Crippen LogP contribution in [0.1, 0.15) is 25.3 Å². The van der Waals surface area contributed by atoms with Crippen LogP contribution in [0.3, 0.4) is 0 Å². The van der Waals surface area contributed by atoms with Crippen molar-refractivity contribution in [1.82, 2.24) is 4.57 Å². The number of methoxy groups -OCH3 is 1. The number of carbonyl (C=O) groups excluding carboxylic acids is 1. The molecule has 29 heavy (non-hydrogen) atoms. The van der Waals surface area contributed by atoms with Gasteiger partial charge in [-0.25, -0.2) is 8.42 Å². The van der Waals surface area contributed by atoms with E-state index in [4.69, 9.17) is 4.74 Å². The Kier molecular flexibility index (Phi) is 6.54. The number of fused-ring (bicyclic) bond motifs is 1. The van der Waals surface area contributed by atoms with Gasteiger partial charge in [0.05, 0.1) is 28.0 Å². The van der Waals surface area contributed by atoms with Gasteiger partial charge in [0.1, 0.15) is 5.75 Å². The molecule has 3 aromatic rings. The van der Waals surface area contributed by atoms with Crippen molar-refractivity contribution < 1.29 is 17.9 Å². The van der Waals surface area contributed by atoms with E-state index >= 15 is 0 Å². The molecule has 0 saturated heterocycles. The molecule has 1 amide bonds. The van der Waals surface area contributed by atoms with Gasteiger partial charge in [-0.2, -0.15) is 4.99 Å². The number of hydrogen-bond donors (Lipinski definition) is 0. The number of hydrogen-bond acceptors (Lipinski definition) is 5. The second kappa shape index (κ2) is 8.92. The molecule has 0 aliphatic carbocycles. The third-order valence-corrected chi connectivity index (χ3v) is 7.64. The van der Waals surface area contributed by atoms with Crippen LogP contribution in [-0.4, -0.2) is 31.8 Å². The molecule has 0 radical (unpaired) electrons. The fraction of sp³-hybridized carbons (Fsp3) is 0.333. The first-order chi connectivity index (χ1) is 13.9. The first kappa shape index (κ1) is 21.3. The van der Waals surface area contributed by atoms with E-state index in [9.17, 15) is 13.2 Å². The van der Waals surface area contributed by atoms with Crippen molar-refractivity contribution in [3.05, 3.63) is 52.8 Å². The molecule has 0 N–H and O–H groups in total. The van der Waals surface area contributed by atoms with Gasteiger partial charge in [-0.05, 0) is 48.7 Å². The quantitative estimate of drug-likeness (QED) is 0.573. The van der Waals surface area contributed by atoms with Gasteiger partial charge in [0, 0.05) is 13.5 Å². The van der Waals surface area contributed by atoms with Crippen LogP contribution in [0, 0.1) is 0 Å². The van der Waals surface area contributed by atoms with Crippen LogP contribution < -0.4 is 9.54 Å². The van der Waals surface area contributed by atoms with Crippen LogP contribution in [0.5, 0.6) is 5.75 Å². The predicted molar refractivity (Wildman–Crippen MR) is 115 cm³/mol. The molecule has 0 bridgehead atoms. The van der Waals surface area contributed by atoms with Crippen molar-refractivity contribution in [1.29, 1.82) is 0 Å². The number of sulfone groups is 1. The zero-order valence-electron chi connectivity index (χ0n) is 16.7. The van der Waals surface area contributed by atoms with E-state index in [0.29, 0.717) is 10.6 Å². The SMILES string of the molecule is CCc1cccc2sc(=NC(=O)CCCS(=O)(=O)c3ccc(OC)cc3)n(C)c12. The number of benzene rings is 2. The van der Waals surface area contributed by atoms with Crippen LogP contribution in [0.4, 0.5) is 0 Å². The number of carbonyl (C=O) groups is 1. The number of thiazole rings is 1. The number of rotatable bonds is 7. The number of ether oxygens (including phenoxy) is 1. The third-order valence-electron chi connectivity index (χ3n) is 4.73. The lowest BCUT2D eigenvalue weighted by Gasteiger charge is -2.05. The van der Waals surface area contributed by atoms with Gasteiger partial charge in [-0.1, -0.05) is 30.4 Å². The summed E-state index contributed by atoms with van der Waals surface area (Å²) in [5.41, 5.74) is 2.30. The zero-order valence-corrected chi connectivity index (χ0v) is 18.3. The van der Waals surface area contributed by atoms with E-state index in [-0.39, 0.29) is 29.4 Å². The average molecular weight is 433 g/mol. The van der Waals surface area contributed by atoms with Gasteiger partial charge in [0.25, 0.3) is 0 Å². The molecule has 8 heteroatoms. The molecule has 0 atom stereocenters. The predicted octanol–water partition coefficient (Wildman–Crippen LogP) is 3.49. The molecule has 0 fully saturated rings. The molecule has 1 aromatic heterocycles. The summed E-state index contributed by atoms with van der Waals surface area (Å²) in [4.78, 5) is 17.4. The summed E-state index contributed by atoms with van der Waals surface area (Å²) >= 11 is 1.47. The largest absolute Gasteiger partial charge is 0.497 e.